The number of hydrogen-bond donors (Lipinski definition) is 1. The van der Waals surface area contributed by atoms with Crippen LogP contribution in [0.4, 0.5) is 0 Å². The Morgan fingerprint density at radius 1 is 1.09 bits per heavy atom. The number of carbonyl (C=O) groups excluding carboxylic acids is 1. The van der Waals surface area contributed by atoms with E-state index in [0.717, 1.165) is 22.2 Å². The summed E-state index contributed by atoms with van der Waals surface area (Å²) in [7, 11) is 0. The van der Waals surface area contributed by atoms with Crippen LogP contribution in [0.5, 0.6) is 0 Å². The van der Waals surface area contributed by atoms with Crippen LogP contribution in [-0.2, 0) is 0 Å². The summed E-state index contributed by atoms with van der Waals surface area (Å²) in [6, 6.07) is 19.4. The van der Waals surface area contributed by atoms with E-state index in [1.54, 1.807) is 6.08 Å². The predicted molar refractivity (Wildman–Crippen MR) is 89.7 cm³/mol. The lowest BCUT2D eigenvalue weighted by molar-refractivity contribution is 0.0959. The molecular formula is C19H16N2O. The van der Waals surface area contributed by atoms with Gasteiger partial charge in [0.05, 0.1) is 16.8 Å². The SMILES string of the molecule is C=CCNC(=O)c1cc(-c2ccccc2)nc2ccccc12. The van der Waals surface area contributed by atoms with Crippen LogP contribution in [0.1, 0.15) is 10.4 Å². The maximum absolute atomic E-state index is 12.4. The number of benzene rings is 2. The lowest BCUT2D eigenvalue weighted by atomic mass is 10.0. The van der Waals surface area contributed by atoms with Crippen LogP contribution in [0.25, 0.3) is 22.2 Å². The van der Waals surface area contributed by atoms with Crippen molar-refractivity contribution in [2.24, 2.45) is 0 Å². The Labute approximate surface area is 129 Å². The Hall–Kier alpha value is -2.94. The van der Waals surface area contributed by atoms with E-state index in [1.165, 1.54) is 0 Å². The second-order valence-corrected chi connectivity index (χ2v) is 4.94. The standard InChI is InChI=1S/C19H16N2O/c1-2-12-20-19(22)16-13-18(14-8-4-3-5-9-14)21-17-11-7-6-10-15(16)17/h2-11,13H,1,12H2,(H,20,22). The zero-order valence-electron chi connectivity index (χ0n) is 12.1. The third kappa shape index (κ3) is 2.74. The summed E-state index contributed by atoms with van der Waals surface area (Å²) >= 11 is 0. The van der Waals surface area contributed by atoms with Crippen molar-refractivity contribution in [2.75, 3.05) is 6.54 Å². The van der Waals surface area contributed by atoms with Gasteiger partial charge >= 0.3 is 0 Å². The van der Waals surface area contributed by atoms with Crippen molar-refractivity contribution < 1.29 is 4.79 Å². The number of amides is 1. The van der Waals surface area contributed by atoms with Crippen LogP contribution < -0.4 is 5.32 Å². The van der Waals surface area contributed by atoms with Gasteiger partial charge in [-0.25, -0.2) is 4.98 Å². The van der Waals surface area contributed by atoms with E-state index >= 15 is 0 Å². The summed E-state index contributed by atoms with van der Waals surface area (Å²) in [5, 5.41) is 3.69. The first-order chi connectivity index (χ1) is 10.8. The molecule has 1 heterocycles. The van der Waals surface area contributed by atoms with E-state index in [2.05, 4.69) is 16.9 Å². The van der Waals surface area contributed by atoms with E-state index in [9.17, 15) is 4.79 Å². The van der Waals surface area contributed by atoms with Crippen molar-refractivity contribution in [1.82, 2.24) is 10.3 Å². The predicted octanol–water partition coefficient (Wildman–Crippen LogP) is 3.82. The fourth-order valence-corrected chi connectivity index (χ4v) is 2.38. The maximum atomic E-state index is 12.4. The quantitative estimate of drug-likeness (QED) is 0.742. The minimum atomic E-state index is -0.115. The number of hydrogen-bond acceptors (Lipinski definition) is 2. The zero-order chi connectivity index (χ0) is 15.4. The van der Waals surface area contributed by atoms with Crippen molar-refractivity contribution in [3.05, 3.63) is 78.9 Å². The highest BCUT2D eigenvalue weighted by molar-refractivity contribution is 6.07. The lowest BCUT2D eigenvalue weighted by Gasteiger charge is -2.09. The van der Waals surface area contributed by atoms with Gasteiger partial charge in [0.2, 0.25) is 0 Å². The third-order valence-electron chi connectivity index (χ3n) is 3.44. The molecule has 108 valence electrons. The molecule has 0 aliphatic rings. The molecule has 3 rings (SSSR count). The number of para-hydroxylation sites is 1. The molecule has 1 aromatic heterocycles. The largest absolute Gasteiger partial charge is 0.349 e. The molecule has 0 radical (unpaired) electrons. The summed E-state index contributed by atoms with van der Waals surface area (Å²) in [6.07, 6.45) is 1.67. The average molecular weight is 288 g/mol. The van der Waals surface area contributed by atoms with Gasteiger partial charge in [0.1, 0.15) is 0 Å². The van der Waals surface area contributed by atoms with E-state index in [-0.39, 0.29) is 5.91 Å². The number of aromatic nitrogens is 1. The van der Waals surface area contributed by atoms with Crippen LogP contribution >= 0.6 is 0 Å². The van der Waals surface area contributed by atoms with E-state index in [4.69, 9.17) is 0 Å². The van der Waals surface area contributed by atoms with E-state index < -0.39 is 0 Å². The fourth-order valence-electron chi connectivity index (χ4n) is 2.38. The van der Waals surface area contributed by atoms with Crippen molar-refractivity contribution in [3.8, 4) is 11.3 Å². The number of pyridine rings is 1. The Balaban J connectivity index is 2.16. The topological polar surface area (TPSA) is 42.0 Å². The highest BCUT2D eigenvalue weighted by atomic mass is 16.1. The van der Waals surface area contributed by atoms with Gasteiger partial charge in [-0.15, -0.1) is 6.58 Å². The monoisotopic (exact) mass is 288 g/mol. The number of carbonyl (C=O) groups is 1. The third-order valence-corrected chi connectivity index (χ3v) is 3.44. The first-order valence-electron chi connectivity index (χ1n) is 7.14. The number of nitrogens with one attached hydrogen (secondary N) is 1. The minimum absolute atomic E-state index is 0.115. The molecule has 3 heteroatoms. The molecule has 0 bridgehead atoms. The molecule has 3 aromatic rings. The van der Waals surface area contributed by atoms with Gasteiger partial charge in [-0.05, 0) is 12.1 Å². The summed E-state index contributed by atoms with van der Waals surface area (Å²) in [5.41, 5.74) is 3.23. The first kappa shape index (κ1) is 14.0. The summed E-state index contributed by atoms with van der Waals surface area (Å²) < 4.78 is 0. The molecular weight excluding hydrogens is 272 g/mol. The molecule has 3 nitrogen and oxygen atoms in total. The maximum Gasteiger partial charge on any atom is 0.252 e. The second kappa shape index (κ2) is 6.22. The van der Waals surface area contributed by atoms with Crippen LogP contribution in [-0.4, -0.2) is 17.4 Å². The fraction of sp³-hybridized carbons (Fsp3) is 0.0526. The molecule has 1 amide bonds. The molecule has 0 aliphatic carbocycles. The minimum Gasteiger partial charge on any atom is -0.349 e. The highest BCUT2D eigenvalue weighted by Crippen LogP contribution is 2.24. The van der Waals surface area contributed by atoms with Gasteiger partial charge < -0.3 is 5.32 Å². The van der Waals surface area contributed by atoms with Crippen LogP contribution in [0.2, 0.25) is 0 Å². The Bertz CT molecular complexity index is 825. The molecule has 2 aromatic carbocycles. The van der Waals surface area contributed by atoms with Gasteiger partial charge in [0.25, 0.3) is 5.91 Å². The molecule has 22 heavy (non-hydrogen) atoms. The number of nitrogens with zero attached hydrogens (tertiary/aromatic N) is 1. The molecule has 1 N–H and O–H groups in total. The molecule has 0 spiro atoms. The molecule has 0 saturated carbocycles. The smallest absolute Gasteiger partial charge is 0.252 e. The summed E-state index contributed by atoms with van der Waals surface area (Å²) in [4.78, 5) is 17.1. The second-order valence-electron chi connectivity index (χ2n) is 4.94. The van der Waals surface area contributed by atoms with Gasteiger partial charge in [0.15, 0.2) is 0 Å². The Morgan fingerprint density at radius 3 is 2.59 bits per heavy atom. The first-order valence-corrected chi connectivity index (χ1v) is 7.14. The molecule has 0 unspecified atom stereocenters. The normalized spacial score (nSPS) is 10.4. The molecule has 0 saturated heterocycles. The molecule has 0 atom stereocenters. The van der Waals surface area contributed by atoms with Gasteiger partial charge in [-0.1, -0.05) is 54.6 Å². The van der Waals surface area contributed by atoms with Crippen molar-refractivity contribution in [3.63, 3.8) is 0 Å². The Morgan fingerprint density at radius 2 is 1.82 bits per heavy atom. The van der Waals surface area contributed by atoms with Crippen LogP contribution in [0.3, 0.4) is 0 Å². The van der Waals surface area contributed by atoms with Crippen LogP contribution in [0.15, 0.2) is 73.3 Å². The average Bonchev–Trinajstić information content (AvgIpc) is 2.59. The van der Waals surface area contributed by atoms with E-state index in [0.29, 0.717) is 12.1 Å². The van der Waals surface area contributed by atoms with E-state index in [1.807, 2.05) is 60.7 Å². The van der Waals surface area contributed by atoms with Crippen LogP contribution in [0, 0.1) is 0 Å². The number of rotatable bonds is 4. The summed E-state index contributed by atoms with van der Waals surface area (Å²) in [6.45, 7) is 4.07. The van der Waals surface area contributed by atoms with Crippen molar-refractivity contribution in [1.29, 1.82) is 0 Å². The lowest BCUT2D eigenvalue weighted by Crippen LogP contribution is -2.23. The van der Waals surface area contributed by atoms with Crippen molar-refractivity contribution in [2.45, 2.75) is 0 Å². The zero-order valence-corrected chi connectivity index (χ0v) is 12.1. The van der Waals surface area contributed by atoms with Gasteiger partial charge in [-0.2, -0.15) is 0 Å². The summed E-state index contributed by atoms with van der Waals surface area (Å²) in [5.74, 6) is -0.115. The van der Waals surface area contributed by atoms with Gasteiger partial charge in [-0.3, -0.25) is 4.79 Å². The molecule has 0 aliphatic heterocycles. The van der Waals surface area contributed by atoms with Gasteiger partial charge in [0, 0.05) is 17.5 Å². The number of fused-ring (bicyclic) bond motifs is 1. The van der Waals surface area contributed by atoms with Crippen molar-refractivity contribution >= 4 is 16.8 Å². The highest BCUT2D eigenvalue weighted by Gasteiger charge is 2.13. The molecule has 0 fully saturated rings. The Kier molecular flexibility index (Phi) is 3.97.